The monoisotopic (exact) mass is 295 g/mol. The molecular weight excluding hydrogens is 281 g/mol. The van der Waals surface area contributed by atoms with Crippen LogP contribution in [0.3, 0.4) is 0 Å². The normalized spacial score (nSPS) is 14.5. The van der Waals surface area contributed by atoms with Gasteiger partial charge >= 0.3 is 0 Å². The number of nitrogens with zero attached hydrogens (tertiary/aromatic N) is 1. The number of aliphatic hydroxyl groups is 1. The summed E-state index contributed by atoms with van der Waals surface area (Å²) >= 11 is 0. The standard InChI is InChI=1S/C18H14FNO2/c1-11(20-10-12-6-8-13(19)9-7-12)16-17(21)14-4-2-3-5-15(14)18(16)22/h2-9,21H,10H2,1H3. The average molecular weight is 295 g/mol. The summed E-state index contributed by atoms with van der Waals surface area (Å²) in [5.74, 6) is -0.541. The van der Waals surface area contributed by atoms with E-state index in [1.165, 1.54) is 12.1 Å². The van der Waals surface area contributed by atoms with Gasteiger partial charge in [0.05, 0.1) is 12.1 Å². The number of ketones is 1. The lowest BCUT2D eigenvalue weighted by atomic mass is 10.1. The number of rotatable bonds is 3. The van der Waals surface area contributed by atoms with E-state index in [0.717, 1.165) is 5.56 Å². The topological polar surface area (TPSA) is 49.7 Å². The van der Waals surface area contributed by atoms with Crippen LogP contribution in [0.1, 0.15) is 28.4 Å². The number of carbonyl (C=O) groups is 1. The molecular formula is C18H14FNO2. The first-order valence-corrected chi connectivity index (χ1v) is 6.91. The number of hydrogen-bond donors (Lipinski definition) is 1. The summed E-state index contributed by atoms with van der Waals surface area (Å²) in [6.07, 6.45) is 0. The van der Waals surface area contributed by atoms with E-state index in [2.05, 4.69) is 4.99 Å². The highest BCUT2D eigenvalue weighted by Gasteiger charge is 2.30. The highest BCUT2D eigenvalue weighted by molar-refractivity contribution is 6.35. The predicted octanol–water partition coefficient (Wildman–Crippen LogP) is 3.95. The van der Waals surface area contributed by atoms with Gasteiger partial charge in [-0.25, -0.2) is 4.39 Å². The van der Waals surface area contributed by atoms with Crippen molar-refractivity contribution in [2.75, 3.05) is 0 Å². The first kappa shape index (κ1) is 14.2. The third-order valence-electron chi connectivity index (χ3n) is 3.66. The van der Waals surface area contributed by atoms with Crippen molar-refractivity contribution in [1.82, 2.24) is 0 Å². The number of halogens is 1. The smallest absolute Gasteiger partial charge is 0.199 e. The Labute approximate surface area is 127 Å². The third kappa shape index (κ3) is 2.44. The van der Waals surface area contributed by atoms with Crippen LogP contribution >= 0.6 is 0 Å². The van der Waals surface area contributed by atoms with Gasteiger partial charge in [-0.3, -0.25) is 9.79 Å². The maximum Gasteiger partial charge on any atom is 0.199 e. The molecule has 0 aliphatic heterocycles. The Morgan fingerprint density at radius 3 is 2.36 bits per heavy atom. The van der Waals surface area contributed by atoms with Gasteiger partial charge in [0.25, 0.3) is 0 Å². The zero-order chi connectivity index (χ0) is 15.7. The van der Waals surface area contributed by atoms with Crippen LogP contribution in [0, 0.1) is 5.82 Å². The zero-order valence-electron chi connectivity index (χ0n) is 12.0. The second kappa shape index (κ2) is 5.56. The van der Waals surface area contributed by atoms with Crippen molar-refractivity contribution in [3.8, 4) is 0 Å². The summed E-state index contributed by atoms with van der Waals surface area (Å²) < 4.78 is 12.9. The van der Waals surface area contributed by atoms with E-state index in [0.29, 0.717) is 23.4 Å². The van der Waals surface area contributed by atoms with Crippen molar-refractivity contribution >= 4 is 17.3 Å². The number of allylic oxidation sites excluding steroid dienone is 1. The van der Waals surface area contributed by atoms with Crippen molar-refractivity contribution in [1.29, 1.82) is 0 Å². The Hall–Kier alpha value is -2.75. The summed E-state index contributed by atoms with van der Waals surface area (Å²) in [6, 6.07) is 13.0. The molecule has 2 aromatic rings. The van der Waals surface area contributed by atoms with Crippen molar-refractivity contribution in [2.45, 2.75) is 13.5 Å². The molecule has 0 bridgehead atoms. The van der Waals surface area contributed by atoms with E-state index < -0.39 is 0 Å². The molecule has 2 aromatic carbocycles. The van der Waals surface area contributed by atoms with Crippen molar-refractivity contribution in [3.05, 3.63) is 76.6 Å². The second-order valence-electron chi connectivity index (χ2n) is 5.13. The molecule has 4 heteroatoms. The van der Waals surface area contributed by atoms with Gasteiger partial charge in [0.2, 0.25) is 0 Å². The van der Waals surface area contributed by atoms with Gasteiger partial charge in [-0.05, 0) is 24.6 Å². The second-order valence-corrected chi connectivity index (χ2v) is 5.13. The van der Waals surface area contributed by atoms with Crippen LogP contribution < -0.4 is 0 Å². The maximum absolute atomic E-state index is 12.9. The summed E-state index contributed by atoms with van der Waals surface area (Å²) in [6.45, 7) is 2.02. The fourth-order valence-corrected chi connectivity index (χ4v) is 2.48. The van der Waals surface area contributed by atoms with Gasteiger partial charge in [0, 0.05) is 16.8 Å². The molecule has 0 aromatic heterocycles. The number of hydrogen-bond acceptors (Lipinski definition) is 3. The number of fused-ring (bicyclic) bond motifs is 1. The molecule has 1 aliphatic rings. The summed E-state index contributed by atoms with van der Waals surface area (Å²) in [4.78, 5) is 16.7. The molecule has 110 valence electrons. The van der Waals surface area contributed by atoms with Gasteiger partial charge in [-0.15, -0.1) is 0 Å². The van der Waals surface area contributed by atoms with E-state index >= 15 is 0 Å². The minimum atomic E-state index is -0.300. The van der Waals surface area contributed by atoms with Gasteiger partial charge in [0.1, 0.15) is 11.6 Å². The predicted molar refractivity (Wildman–Crippen MR) is 83.5 cm³/mol. The number of aliphatic imine (C=N–C) groups is 1. The van der Waals surface area contributed by atoms with Gasteiger partial charge in [-0.2, -0.15) is 0 Å². The largest absolute Gasteiger partial charge is 0.506 e. The van der Waals surface area contributed by atoms with E-state index in [-0.39, 0.29) is 22.9 Å². The van der Waals surface area contributed by atoms with Gasteiger partial charge < -0.3 is 5.11 Å². The van der Waals surface area contributed by atoms with Crippen molar-refractivity contribution in [2.24, 2.45) is 4.99 Å². The Morgan fingerprint density at radius 1 is 1.09 bits per heavy atom. The quantitative estimate of drug-likeness (QED) is 0.872. The Kier molecular flexibility index (Phi) is 3.59. The molecule has 1 N–H and O–H groups in total. The molecule has 22 heavy (non-hydrogen) atoms. The number of benzene rings is 2. The average Bonchev–Trinajstić information content (AvgIpc) is 2.79. The molecule has 1 aliphatic carbocycles. The fraction of sp³-hybridized carbons (Fsp3) is 0.111. The molecule has 0 radical (unpaired) electrons. The molecule has 0 heterocycles. The van der Waals surface area contributed by atoms with Crippen LogP contribution in [0.25, 0.3) is 5.76 Å². The molecule has 3 rings (SSSR count). The highest BCUT2D eigenvalue weighted by atomic mass is 19.1. The molecule has 0 unspecified atom stereocenters. The van der Waals surface area contributed by atoms with Gasteiger partial charge in [0.15, 0.2) is 5.78 Å². The lowest BCUT2D eigenvalue weighted by Gasteiger charge is -2.02. The van der Waals surface area contributed by atoms with Crippen molar-refractivity contribution in [3.63, 3.8) is 0 Å². The van der Waals surface area contributed by atoms with Crippen LogP contribution in [0.4, 0.5) is 4.39 Å². The summed E-state index contributed by atoms with van der Waals surface area (Å²) in [7, 11) is 0. The fourth-order valence-electron chi connectivity index (χ4n) is 2.48. The van der Waals surface area contributed by atoms with Crippen LogP contribution in [-0.2, 0) is 6.54 Å². The number of Topliss-reactive ketones (excluding diaryl/α,β-unsaturated/α-hetero) is 1. The molecule has 0 fully saturated rings. The number of aliphatic hydroxyl groups excluding tert-OH is 1. The van der Waals surface area contributed by atoms with E-state index in [1.807, 2.05) is 0 Å². The molecule has 0 saturated heterocycles. The first-order valence-electron chi connectivity index (χ1n) is 6.91. The van der Waals surface area contributed by atoms with E-state index in [9.17, 15) is 14.3 Å². The van der Waals surface area contributed by atoms with E-state index in [4.69, 9.17) is 0 Å². The SMILES string of the molecule is CC(=NCc1ccc(F)cc1)C1=C(O)c2ccccc2C1=O. The van der Waals surface area contributed by atoms with Crippen LogP contribution in [0.5, 0.6) is 0 Å². The third-order valence-corrected chi connectivity index (χ3v) is 3.66. The van der Waals surface area contributed by atoms with Gasteiger partial charge in [-0.1, -0.05) is 36.4 Å². The number of carbonyl (C=O) groups excluding carboxylic acids is 1. The lowest BCUT2D eigenvalue weighted by molar-refractivity contribution is 0.104. The van der Waals surface area contributed by atoms with E-state index in [1.54, 1.807) is 43.3 Å². The summed E-state index contributed by atoms with van der Waals surface area (Å²) in [5.41, 5.74) is 2.58. The van der Waals surface area contributed by atoms with Crippen molar-refractivity contribution < 1.29 is 14.3 Å². The molecule has 3 nitrogen and oxygen atoms in total. The first-order chi connectivity index (χ1) is 10.6. The minimum absolute atomic E-state index is 0.0269. The van der Waals surface area contributed by atoms with Crippen LogP contribution in [0.15, 0.2) is 59.1 Å². The minimum Gasteiger partial charge on any atom is -0.506 e. The molecule has 0 amide bonds. The Bertz CT molecular complexity index is 804. The van der Waals surface area contributed by atoms with Crippen LogP contribution in [0.2, 0.25) is 0 Å². The summed E-state index contributed by atoms with van der Waals surface area (Å²) in [5, 5.41) is 10.2. The Morgan fingerprint density at radius 2 is 1.73 bits per heavy atom. The zero-order valence-corrected chi connectivity index (χ0v) is 12.0. The molecule has 0 atom stereocenters. The van der Waals surface area contributed by atoms with Crippen LogP contribution in [-0.4, -0.2) is 16.6 Å². The molecule has 0 saturated carbocycles. The Balaban J connectivity index is 1.88. The maximum atomic E-state index is 12.9. The molecule has 0 spiro atoms. The highest BCUT2D eigenvalue weighted by Crippen LogP contribution is 2.31. The lowest BCUT2D eigenvalue weighted by Crippen LogP contribution is -2.08.